The van der Waals surface area contributed by atoms with Crippen LogP contribution in [0.25, 0.3) is 22.1 Å². The molecule has 0 unspecified atom stereocenters. The van der Waals surface area contributed by atoms with Crippen LogP contribution in [0.5, 0.6) is 0 Å². The molecule has 2 aromatic heterocycles. The van der Waals surface area contributed by atoms with Crippen molar-refractivity contribution in [2.75, 3.05) is 0 Å². The number of aromatic nitrogens is 1. The van der Waals surface area contributed by atoms with Gasteiger partial charge in [-0.25, -0.2) is 4.79 Å². The summed E-state index contributed by atoms with van der Waals surface area (Å²) in [5.74, 6) is 0.561. The number of fused-ring (bicyclic) bond motifs is 1. The maximum atomic E-state index is 11.8. The molecule has 0 radical (unpaired) electrons. The largest absolute Gasteiger partial charge is 0.422 e. The molecular formula is C14H8BrNO2. The number of halogens is 1. The highest BCUT2D eigenvalue weighted by Crippen LogP contribution is 2.23. The molecule has 0 amide bonds. The van der Waals surface area contributed by atoms with E-state index in [1.54, 1.807) is 12.3 Å². The zero-order valence-corrected chi connectivity index (χ0v) is 10.8. The summed E-state index contributed by atoms with van der Waals surface area (Å²) in [5, 5.41) is 1.33. The molecule has 0 spiro atoms. The summed E-state index contributed by atoms with van der Waals surface area (Å²) in [7, 11) is 0. The van der Waals surface area contributed by atoms with Gasteiger partial charge in [-0.3, -0.25) is 4.98 Å². The number of nitrogens with zero attached hydrogens (tertiary/aromatic N) is 1. The van der Waals surface area contributed by atoms with Gasteiger partial charge in [0.2, 0.25) is 0 Å². The lowest BCUT2D eigenvalue weighted by Crippen LogP contribution is -2.00. The fourth-order valence-electron chi connectivity index (χ4n) is 1.78. The predicted molar refractivity (Wildman–Crippen MR) is 73.4 cm³/mol. The van der Waals surface area contributed by atoms with Crippen molar-refractivity contribution >= 4 is 26.7 Å². The van der Waals surface area contributed by atoms with Crippen molar-refractivity contribution in [3.05, 3.63) is 63.7 Å². The van der Waals surface area contributed by atoms with Gasteiger partial charge >= 0.3 is 5.63 Å². The molecular weight excluding hydrogens is 294 g/mol. The molecule has 0 aliphatic rings. The fourth-order valence-corrected chi connectivity index (χ4v) is 2.05. The highest BCUT2D eigenvalue weighted by atomic mass is 79.9. The molecule has 0 saturated heterocycles. The monoisotopic (exact) mass is 301 g/mol. The maximum Gasteiger partial charge on any atom is 0.345 e. The molecule has 0 fully saturated rings. The number of benzene rings is 1. The van der Waals surface area contributed by atoms with Crippen molar-refractivity contribution in [2.24, 2.45) is 0 Å². The third-order valence-electron chi connectivity index (χ3n) is 2.69. The van der Waals surface area contributed by atoms with E-state index >= 15 is 0 Å². The summed E-state index contributed by atoms with van der Waals surface area (Å²) >= 11 is 3.37. The van der Waals surface area contributed by atoms with Gasteiger partial charge in [-0.1, -0.05) is 28.1 Å². The van der Waals surface area contributed by atoms with Gasteiger partial charge in [0.15, 0.2) is 0 Å². The highest BCUT2D eigenvalue weighted by Gasteiger charge is 2.06. The number of rotatable bonds is 1. The summed E-state index contributed by atoms with van der Waals surface area (Å²) in [6.45, 7) is 0. The summed E-state index contributed by atoms with van der Waals surface area (Å²) < 4.78 is 6.29. The van der Waals surface area contributed by atoms with Crippen LogP contribution >= 0.6 is 15.9 Å². The second-order valence-electron chi connectivity index (χ2n) is 3.87. The van der Waals surface area contributed by atoms with Crippen LogP contribution in [0.15, 0.2) is 62.5 Å². The van der Waals surface area contributed by atoms with E-state index in [2.05, 4.69) is 20.9 Å². The Labute approximate surface area is 111 Å². The van der Waals surface area contributed by atoms with Crippen LogP contribution in [0.2, 0.25) is 0 Å². The van der Waals surface area contributed by atoms with Crippen LogP contribution in [0.1, 0.15) is 0 Å². The Hall–Kier alpha value is -1.94. The van der Waals surface area contributed by atoms with E-state index in [0.717, 1.165) is 15.4 Å². The molecule has 0 aliphatic carbocycles. The third-order valence-corrected chi connectivity index (χ3v) is 3.22. The fraction of sp³-hybridized carbons (Fsp3) is 0. The SMILES string of the molecule is O=c1oc(-c2ccc(Br)cc2)cc2ccncc12. The van der Waals surface area contributed by atoms with Crippen molar-refractivity contribution in [3.63, 3.8) is 0 Å². The normalized spacial score (nSPS) is 10.7. The van der Waals surface area contributed by atoms with Gasteiger partial charge in [-0.15, -0.1) is 0 Å². The first kappa shape index (κ1) is 11.2. The van der Waals surface area contributed by atoms with Gasteiger partial charge in [0.05, 0.1) is 5.39 Å². The molecule has 3 nitrogen and oxygen atoms in total. The predicted octanol–water partition coefficient (Wildman–Crippen LogP) is 3.62. The van der Waals surface area contributed by atoms with Gasteiger partial charge in [-0.05, 0) is 29.7 Å². The molecule has 3 aromatic rings. The second-order valence-corrected chi connectivity index (χ2v) is 4.78. The Kier molecular flexibility index (Phi) is 2.72. The first-order chi connectivity index (χ1) is 8.74. The smallest absolute Gasteiger partial charge is 0.345 e. The minimum Gasteiger partial charge on any atom is -0.422 e. The van der Waals surface area contributed by atoms with E-state index in [4.69, 9.17) is 4.42 Å². The first-order valence-corrected chi connectivity index (χ1v) is 6.17. The first-order valence-electron chi connectivity index (χ1n) is 5.38. The topological polar surface area (TPSA) is 43.1 Å². The molecule has 3 rings (SSSR count). The lowest BCUT2D eigenvalue weighted by Gasteiger charge is -2.02. The average molecular weight is 302 g/mol. The van der Waals surface area contributed by atoms with Crippen LogP contribution in [-0.2, 0) is 0 Å². The van der Waals surface area contributed by atoms with Gasteiger partial charge in [0, 0.05) is 22.4 Å². The van der Waals surface area contributed by atoms with Crippen LogP contribution < -0.4 is 5.63 Å². The van der Waals surface area contributed by atoms with Gasteiger partial charge in [0.1, 0.15) is 5.76 Å². The molecule has 2 heterocycles. The molecule has 0 saturated carbocycles. The lowest BCUT2D eigenvalue weighted by molar-refractivity contribution is 0.534. The lowest BCUT2D eigenvalue weighted by atomic mass is 10.1. The van der Waals surface area contributed by atoms with E-state index in [1.807, 2.05) is 30.3 Å². The molecule has 18 heavy (non-hydrogen) atoms. The van der Waals surface area contributed by atoms with Crippen molar-refractivity contribution < 1.29 is 4.42 Å². The summed E-state index contributed by atoms with van der Waals surface area (Å²) in [6, 6.07) is 11.3. The summed E-state index contributed by atoms with van der Waals surface area (Å²) in [6.07, 6.45) is 3.18. The number of pyridine rings is 1. The minimum absolute atomic E-state index is 0.362. The number of hydrogen-bond donors (Lipinski definition) is 0. The molecule has 1 aromatic carbocycles. The molecule has 88 valence electrons. The van der Waals surface area contributed by atoms with E-state index < -0.39 is 0 Å². The Balaban J connectivity index is 2.24. The third kappa shape index (κ3) is 1.95. The number of hydrogen-bond acceptors (Lipinski definition) is 3. The Morgan fingerprint density at radius 3 is 2.67 bits per heavy atom. The highest BCUT2D eigenvalue weighted by molar-refractivity contribution is 9.10. The van der Waals surface area contributed by atoms with Crippen LogP contribution in [-0.4, -0.2) is 4.98 Å². The van der Waals surface area contributed by atoms with Gasteiger partial charge < -0.3 is 4.42 Å². The van der Waals surface area contributed by atoms with Gasteiger partial charge in [-0.2, -0.15) is 0 Å². The second kappa shape index (κ2) is 4.38. The molecule has 4 heteroatoms. The van der Waals surface area contributed by atoms with Crippen LogP contribution in [0.4, 0.5) is 0 Å². The van der Waals surface area contributed by atoms with Crippen LogP contribution in [0, 0.1) is 0 Å². The van der Waals surface area contributed by atoms with Crippen molar-refractivity contribution in [1.82, 2.24) is 4.98 Å². The van der Waals surface area contributed by atoms with Crippen molar-refractivity contribution in [1.29, 1.82) is 0 Å². The Morgan fingerprint density at radius 2 is 1.89 bits per heavy atom. The maximum absolute atomic E-state index is 11.8. The van der Waals surface area contributed by atoms with E-state index in [0.29, 0.717) is 11.1 Å². The molecule has 0 atom stereocenters. The van der Waals surface area contributed by atoms with E-state index in [9.17, 15) is 4.79 Å². The standard InChI is InChI=1S/C14H8BrNO2/c15-11-3-1-9(2-4-11)13-7-10-5-6-16-8-12(10)14(17)18-13/h1-8H. The molecule has 0 N–H and O–H groups in total. The quantitative estimate of drug-likeness (QED) is 0.689. The summed E-state index contributed by atoms with van der Waals surface area (Å²) in [4.78, 5) is 15.7. The van der Waals surface area contributed by atoms with Crippen LogP contribution in [0.3, 0.4) is 0 Å². The van der Waals surface area contributed by atoms with Crippen molar-refractivity contribution in [2.45, 2.75) is 0 Å². The molecule has 0 bridgehead atoms. The van der Waals surface area contributed by atoms with Crippen molar-refractivity contribution in [3.8, 4) is 11.3 Å². The van der Waals surface area contributed by atoms with E-state index in [1.165, 1.54) is 6.20 Å². The average Bonchev–Trinajstić information content (AvgIpc) is 2.39. The summed E-state index contributed by atoms with van der Waals surface area (Å²) in [5.41, 5.74) is 0.507. The minimum atomic E-state index is -0.362. The van der Waals surface area contributed by atoms with Gasteiger partial charge in [0.25, 0.3) is 0 Å². The molecule has 0 aliphatic heterocycles. The Bertz CT molecular complexity index is 763. The zero-order valence-electron chi connectivity index (χ0n) is 9.26. The zero-order chi connectivity index (χ0) is 12.5. The Morgan fingerprint density at radius 1 is 1.11 bits per heavy atom. The van der Waals surface area contributed by atoms with E-state index in [-0.39, 0.29) is 5.63 Å².